The molecule has 1 saturated heterocycles. The van der Waals surface area contributed by atoms with Crippen LogP contribution in [0, 0.1) is 5.92 Å². The van der Waals surface area contributed by atoms with Crippen molar-refractivity contribution in [2.24, 2.45) is 11.0 Å². The molecule has 36 heavy (non-hydrogen) atoms. The number of fused-ring (bicyclic) bond motifs is 1. The Hall–Kier alpha value is -3.59. The lowest BCUT2D eigenvalue weighted by Crippen LogP contribution is -2.44. The van der Waals surface area contributed by atoms with Crippen LogP contribution in [0.1, 0.15) is 43.4 Å². The topological polar surface area (TPSA) is 89.9 Å². The summed E-state index contributed by atoms with van der Waals surface area (Å²) in [5.74, 6) is 1.64. The number of hydrogen-bond acceptors (Lipinski definition) is 8. The maximum Gasteiger partial charge on any atom is 0.310 e. The van der Waals surface area contributed by atoms with E-state index in [2.05, 4.69) is 0 Å². The van der Waals surface area contributed by atoms with Gasteiger partial charge < -0.3 is 18.9 Å². The van der Waals surface area contributed by atoms with Crippen molar-refractivity contribution in [3.63, 3.8) is 0 Å². The summed E-state index contributed by atoms with van der Waals surface area (Å²) in [6.45, 7) is 3.83. The van der Waals surface area contributed by atoms with E-state index in [-0.39, 0.29) is 37.2 Å². The molecule has 0 unspecified atom stereocenters. The monoisotopic (exact) mass is 493 g/mol. The van der Waals surface area contributed by atoms with E-state index < -0.39 is 0 Å². The molecule has 0 aromatic heterocycles. The molecular formula is C27H31N3O6. The molecule has 1 amide bonds. The molecule has 190 valence electrons. The SMILES string of the molecule is CCOC(=O)[C@@H]1CCCN(CC(=O)N2N=C(c3ccc(OC)cc3)C[C@H]2c2ccc3c(c2)OCO3)C1. The van der Waals surface area contributed by atoms with Crippen molar-refractivity contribution < 1.29 is 28.5 Å². The molecule has 2 atom stereocenters. The number of ether oxygens (including phenoxy) is 4. The number of rotatable bonds is 7. The van der Waals surface area contributed by atoms with Gasteiger partial charge in [0.15, 0.2) is 11.5 Å². The molecule has 2 aromatic rings. The summed E-state index contributed by atoms with van der Waals surface area (Å²) < 4.78 is 21.5. The van der Waals surface area contributed by atoms with Crippen LogP contribution in [0.15, 0.2) is 47.6 Å². The molecule has 0 bridgehead atoms. The molecule has 2 aromatic carbocycles. The Morgan fingerprint density at radius 2 is 1.92 bits per heavy atom. The minimum atomic E-state index is -0.269. The maximum atomic E-state index is 13.6. The first-order valence-electron chi connectivity index (χ1n) is 12.4. The van der Waals surface area contributed by atoms with Crippen LogP contribution in [-0.2, 0) is 14.3 Å². The van der Waals surface area contributed by atoms with Gasteiger partial charge in [-0.1, -0.05) is 6.07 Å². The number of amides is 1. The molecule has 0 saturated carbocycles. The first kappa shape index (κ1) is 24.1. The number of hydrogen-bond donors (Lipinski definition) is 0. The average Bonchev–Trinajstić information content (AvgIpc) is 3.56. The summed E-state index contributed by atoms with van der Waals surface area (Å²) in [6, 6.07) is 13.2. The molecule has 0 radical (unpaired) electrons. The molecule has 0 spiro atoms. The Labute approximate surface area is 210 Å². The lowest BCUT2D eigenvalue weighted by atomic mass is 9.97. The zero-order valence-electron chi connectivity index (χ0n) is 20.6. The van der Waals surface area contributed by atoms with Crippen molar-refractivity contribution in [1.29, 1.82) is 0 Å². The van der Waals surface area contributed by atoms with E-state index in [1.807, 2.05) is 54.3 Å². The highest BCUT2D eigenvalue weighted by molar-refractivity contribution is 6.03. The van der Waals surface area contributed by atoms with Gasteiger partial charge in [0, 0.05) is 13.0 Å². The summed E-state index contributed by atoms with van der Waals surface area (Å²) >= 11 is 0. The Morgan fingerprint density at radius 1 is 1.11 bits per heavy atom. The molecule has 9 nitrogen and oxygen atoms in total. The van der Waals surface area contributed by atoms with Crippen LogP contribution < -0.4 is 14.2 Å². The largest absolute Gasteiger partial charge is 0.497 e. The Morgan fingerprint density at radius 3 is 2.69 bits per heavy atom. The minimum absolute atomic E-state index is 0.106. The molecule has 1 fully saturated rings. The Balaban J connectivity index is 1.37. The fourth-order valence-corrected chi connectivity index (χ4v) is 4.99. The van der Waals surface area contributed by atoms with Crippen LogP contribution in [0.5, 0.6) is 17.2 Å². The summed E-state index contributed by atoms with van der Waals surface area (Å²) in [7, 11) is 1.63. The van der Waals surface area contributed by atoms with Gasteiger partial charge in [0.2, 0.25) is 6.79 Å². The number of nitrogens with zero attached hydrogens (tertiary/aromatic N) is 3. The number of benzene rings is 2. The van der Waals surface area contributed by atoms with E-state index in [0.29, 0.717) is 31.1 Å². The highest BCUT2D eigenvalue weighted by Gasteiger charge is 2.36. The second kappa shape index (κ2) is 10.6. The van der Waals surface area contributed by atoms with Crippen LogP contribution in [-0.4, -0.2) is 67.6 Å². The third-order valence-corrected chi connectivity index (χ3v) is 6.85. The molecule has 0 N–H and O–H groups in total. The fraction of sp³-hybridized carbons (Fsp3) is 0.444. The van der Waals surface area contributed by atoms with Gasteiger partial charge in [0.05, 0.1) is 37.9 Å². The summed E-state index contributed by atoms with van der Waals surface area (Å²) in [5, 5.41) is 6.37. The Bertz CT molecular complexity index is 1150. The summed E-state index contributed by atoms with van der Waals surface area (Å²) in [6.07, 6.45) is 2.21. The lowest BCUT2D eigenvalue weighted by Gasteiger charge is -2.32. The van der Waals surface area contributed by atoms with Crippen molar-refractivity contribution in [2.45, 2.75) is 32.2 Å². The van der Waals surface area contributed by atoms with Gasteiger partial charge in [-0.25, -0.2) is 5.01 Å². The van der Waals surface area contributed by atoms with E-state index in [0.717, 1.165) is 42.0 Å². The number of likely N-dealkylation sites (tertiary alicyclic amines) is 1. The maximum absolute atomic E-state index is 13.6. The quantitative estimate of drug-likeness (QED) is 0.546. The predicted molar refractivity (Wildman–Crippen MR) is 132 cm³/mol. The standard InChI is InChI=1S/C27H31N3O6/c1-3-34-27(32)20-5-4-12-29(15-20)16-26(31)30-23(19-8-11-24-25(13-19)36-17-35-24)14-22(28-30)18-6-9-21(33-2)10-7-18/h6-11,13,20,23H,3-5,12,14-17H2,1-2H3/t20-,23+/m1/s1. The van der Waals surface area contributed by atoms with Crippen LogP contribution in [0.25, 0.3) is 0 Å². The predicted octanol–water partition coefficient (Wildman–Crippen LogP) is 3.38. The van der Waals surface area contributed by atoms with Crippen LogP contribution in [0.3, 0.4) is 0 Å². The molecule has 5 rings (SSSR count). The van der Waals surface area contributed by atoms with Crippen LogP contribution >= 0.6 is 0 Å². The van der Waals surface area contributed by atoms with Gasteiger partial charge in [-0.15, -0.1) is 0 Å². The molecule has 0 aliphatic carbocycles. The number of piperidine rings is 1. The number of hydrazone groups is 1. The second-order valence-corrected chi connectivity index (χ2v) is 9.17. The molecule has 3 aliphatic rings. The van der Waals surface area contributed by atoms with Crippen LogP contribution in [0.4, 0.5) is 0 Å². The van der Waals surface area contributed by atoms with E-state index in [4.69, 9.17) is 24.0 Å². The number of carbonyl (C=O) groups excluding carboxylic acids is 2. The normalized spacial score (nSPS) is 21.3. The van der Waals surface area contributed by atoms with Gasteiger partial charge in [-0.05, 0) is 73.8 Å². The minimum Gasteiger partial charge on any atom is -0.497 e. The van der Waals surface area contributed by atoms with Gasteiger partial charge in [-0.2, -0.15) is 5.10 Å². The highest BCUT2D eigenvalue weighted by Crippen LogP contribution is 2.39. The smallest absolute Gasteiger partial charge is 0.310 e. The van der Waals surface area contributed by atoms with Gasteiger partial charge in [0.1, 0.15) is 5.75 Å². The van der Waals surface area contributed by atoms with Gasteiger partial charge in [0.25, 0.3) is 5.91 Å². The second-order valence-electron chi connectivity index (χ2n) is 9.17. The zero-order valence-corrected chi connectivity index (χ0v) is 20.6. The molecular weight excluding hydrogens is 462 g/mol. The number of carbonyl (C=O) groups is 2. The summed E-state index contributed by atoms with van der Waals surface area (Å²) in [4.78, 5) is 27.9. The number of methoxy groups -OCH3 is 1. The van der Waals surface area contributed by atoms with Gasteiger partial charge in [-0.3, -0.25) is 14.5 Å². The van der Waals surface area contributed by atoms with Crippen molar-refractivity contribution >= 4 is 17.6 Å². The third-order valence-electron chi connectivity index (χ3n) is 6.85. The van der Waals surface area contributed by atoms with E-state index in [1.165, 1.54) is 0 Å². The van der Waals surface area contributed by atoms with Crippen molar-refractivity contribution in [2.75, 3.05) is 40.1 Å². The highest BCUT2D eigenvalue weighted by atomic mass is 16.7. The van der Waals surface area contributed by atoms with Crippen molar-refractivity contribution in [1.82, 2.24) is 9.91 Å². The molecule has 3 heterocycles. The van der Waals surface area contributed by atoms with E-state index in [1.54, 1.807) is 12.1 Å². The fourth-order valence-electron chi connectivity index (χ4n) is 4.99. The lowest BCUT2D eigenvalue weighted by molar-refractivity contribution is -0.150. The van der Waals surface area contributed by atoms with Crippen molar-refractivity contribution in [3.05, 3.63) is 53.6 Å². The number of esters is 1. The first-order valence-corrected chi connectivity index (χ1v) is 12.4. The molecule has 9 heteroatoms. The van der Waals surface area contributed by atoms with Gasteiger partial charge >= 0.3 is 5.97 Å². The Kier molecular flexibility index (Phi) is 7.09. The van der Waals surface area contributed by atoms with Crippen LogP contribution in [0.2, 0.25) is 0 Å². The van der Waals surface area contributed by atoms with E-state index in [9.17, 15) is 9.59 Å². The van der Waals surface area contributed by atoms with Crippen molar-refractivity contribution in [3.8, 4) is 17.2 Å². The zero-order chi connectivity index (χ0) is 25.1. The van der Waals surface area contributed by atoms with E-state index >= 15 is 0 Å². The summed E-state index contributed by atoms with van der Waals surface area (Å²) in [5.41, 5.74) is 2.71. The molecule has 3 aliphatic heterocycles. The average molecular weight is 494 g/mol. The third kappa shape index (κ3) is 5.02. The first-order chi connectivity index (χ1) is 17.6.